The second kappa shape index (κ2) is 8.04. The molecular formula is C19H14F6N4O2S. The van der Waals surface area contributed by atoms with Gasteiger partial charge in [-0.25, -0.2) is 4.68 Å². The van der Waals surface area contributed by atoms with E-state index in [9.17, 15) is 31.1 Å². The van der Waals surface area contributed by atoms with Crippen LogP contribution in [0.25, 0.3) is 0 Å². The number of hydrogen-bond acceptors (Lipinski definition) is 5. The van der Waals surface area contributed by atoms with Crippen molar-refractivity contribution in [1.82, 2.24) is 9.78 Å². The van der Waals surface area contributed by atoms with Gasteiger partial charge in [-0.3, -0.25) is 4.79 Å². The molecule has 0 spiro atoms. The highest BCUT2D eigenvalue weighted by atomic mass is 32.1. The molecule has 2 aromatic heterocycles. The predicted molar refractivity (Wildman–Crippen MR) is 104 cm³/mol. The van der Waals surface area contributed by atoms with E-state index in [1.165, 1.54) is 23.5 Å². The number of thiophene rings is 1. The molecule has 1 aliphatic heterocycles. The van der Waals surface area contributed by atoms with Crippen LogP contribution in [0.15, 0.2) is 48.0 Å². The van der Waals surface area contributed by atoms with Crippen molar-refractivity contribution >= 4 is 28.7 Å². The van der Waals surface area contributed by atoms with Gasteiger partial charge in [0.15, 0.2) is 6.04 Å². The Bertz CT molecular complexity index is 1090. The van der Waals surface area contributed by atoms with Crippen LogP contribution < -0.4 is 15.4 Å². The first-order chi connectivity index (χ1) is 15.0. The second-order valence-electron chi connectivity index (χ2n) is 6.88. The van der Waals surface area contributed by atoms with E-state index in [0.29, 0.717) is 4.88 Å². The van der Waals surface area contributed by atoms with E-state index in [4.69, 9.17) is 0 Å². The minimum atomic E-state index is -4.86. The lowest BCUT2D eigenvalue weighted by Gasteiger charge is -2.33. The van der Waals surface area contributed by atoms with Gasteiger partial charge in [0.2, 0.25) is 0 Å². The van der Waals surface area contributed by atoms with Crippen LogP contribution in [-0.4, -0.2) is 28.2 Å². The highest BCUT2D eigenvalue weighted by Gasteiger charge is 2.47. The SMILES string of the molecule is O=C(Nc1ccc(OC(F)(F)F)cc1)c1cnn2c1N[C@@H](c1cccs1)C[C@H]2C(F)(F)F. The van der Waals surface area contributed by atoms with Crippen molar-refractivity contribution in [2.75, 3.05) is 10.6 Å². The molecule has 0 saturated carbocycles. The van der Waals surface area contributed by atoms with Crippen LogP contribution in [0, 0.1) is 0 Å². The van der Waals surface area contributed by atoms with Gasteiger partial charge in [-0.15, -0.1) is 24.5 Å². The number of nitrogens with one attached hydrogen (secondary N) is 2. The zero-order valence-electron chi connectivity index (χ0n) is 15.9. The summed E-state index contributed by atoms with van der Waals surface area (Å²) in [6, 6.07) is 5.18. The van der Waals surface area contributed by atoms with Crippen LogP contribution >= 0.6 is 11.3 Å². The number of carbonyl (C=O) groups is 1. The van der Waals surface area contributed by atoms with E-state index in [-0.39, 0.29) is 23.5 Å². The van der Waals surface area contributed by atoms with Gasteiger partial charge in [0.05, 0.1) is 12.2 Å². The molecule has 32 heavy (non-hydrogen) atoms. The van der Waals surface area contributed by atoms with Crippen LogP contribution in [0.2, 0.25) is 0 Å². The molecule has 0 aliphatic carbocycles. The van der Waals surface area contributed by atoms with Gasteiger partial charge < -0.3 is 15.4 Å². The molecule has 3 aromatic rings. The average molecular weight is 476 g/mol. The molecule has 4 rings (SSSR count). The summed E-state index contributed by atoms with van der Waals surface area (Å²) in [5.74, 6) is -1.34. The first kappa shape index (κ1) is 22.0. The van der Waals surface area contributed by atoms with Gasteiger partial charge in [0, 0.05) is 17.0 Å². The van der Waals surface area contributed by atoms with Gasteiger partial charge in [0.1, 0.15) is 17.1 Å². The number of fused-ring (bicyclic) bond motifs is 1. The monoisotopic (exact) mass is 476 g/mol. The normalized spacial score (nSPS) is 18.6. The molecule has 6 nitrogen and oxygen atoms in total. The minimum absolute atomic E-state index is 0.0912. The van der Waals surface area contributed by atoms with E-state index < -0.39 is 36.3 Å². The predicted octanol–water partition coefficient (Wildman–Crippen LogP) is 5.76. The van der Waals surface area contributed by atoms with Crippen LogP contribution in [0.3, 0.4) is 0 Å². The molecule has 0 fully saturated rings. The number of nitrogens with zero attached hydrogens (tertiary/aromatic N) is 2. The van der Waals surface area contributed by atoms with Crippen LogP contribution in [0.1, 0.15) is 33.7 Å². The number of halogens is 6. The molecule has 2 N–H and O–H groups in total. The fourth-order valence-electron chi connectivity index (χ4n) is 3.34. The summed E-state index contributed by atoms with van der Waals surface area (Å²) in [4.78, 5) is 13.4. The minimum Gasteiger partial charge on any atom is -0.406 e. The number of aromatic nitrogens is 2. The number of anilines is 2. The molecule has 170 valence electrons. The maximum Gasteiger partial charge on any atom is 0.573 e. The summed E-state index contributed by atoms with van der Waals surface area (Å²) in [6.45, 7) is 0. The zero-order chi connectivity index (χ0) is 23.1. The van der Waals surface area contributed by atoms with E-state index in [1.54, 1.807) is 17.5 Å². The lowest BCUT2D eigenvalue weighted by Crippen LogP contribution is -2.36. The van der Waals surface area contributed by atoms with Gasteiger partial charge >= 0.3 is 12.5 Å². The number of hydrogen-bond donors (Lipinski definition) is 2. The molecule has 3 heterocycles. The Balaban J connectivity index is 1.58. The summed E-state index contributed by atoms with van der Waals surface area (Å²) in [5.41, 5.74) is -0.00131. The maximum atomic E-state index is 13.7. The molecule has 2 atom stereocenters. The smallest absolute Gasteiger partial charge is 0.406 e. The highest BCUT2D eigenvalue weighted by molar-refractivity contribution is 7.10. The van der Waals surface area contributed by atoms with Crippen molar-refractivity contribution in [2.45, 2.75) is 31.0 Å². The third-order valence-electron chi connectivity index (χ3n) is 4.72. The molecule has 1 aromatic carbocycles. The first-order valence-corrected chi connectivity index (χ1v) is 10.0. The van der Waals surface area contributed by atoms with Crippen molar-refractivity contribution in [3.8, 4) is 5.75 Å². The molecule has 13 heteroatoms. The average Bonchev–Trinajstić information content (AvgIpc) is 3.36. The van der Waals surface area contributed by atoms with Crippen molar-refractivity contribution in [1.29, 1.82) is 0 Å². The summed E-state index contributed by atoms with van der Waals surface area (Å²) >= 11 is 1.29. The quantitative estimate of drug-likeness (QED) is 0.470. The Morgan fingerprint density at radius 2 is 1.88 bits per heavy atom. The largest absolute Gasteiger partial charge is 0.573 e. The van der Waals surface area contributed by atoms with E-state index in [0.717, 1.165) is 23.0 Å². The topological polar surface area (TPSA) is 68.2 Å². The fraction of sp³-hybridized carbons (Fsp3) is 0.263. The highest BCUT2D eigenvalue weighted by Crippen LogP contribution is 2.45. The molecule has 1 amide bonds. The number of amides is 1. The molecular weight excluding hydrogens is 462 g/mol. The number of carbonyl (C=O) groups excluding carboxylic acids is 1. The Kier molecular flexibility index (Phi) is 5.53. The third-order valence-corrected chi connectivity index (χ3v) is 5.70. The number of rotatable bonds is 4. The van der Waals surface area contributed by atoms with E-state index in [1.807, 2.05) is 0 Å². The summed E-state index contributed by atoms with van der Waals surface area (Å²) in [7, 11) is 0. The maximum absolute atomic E-state index is 13.7. The summed E-state index contributed by atoms with van der Waals surface area (Å²) in [6.07, 6.45) is -8.71. The Labute approximate surface area is 180 Å². The number of benzene rings is 1. The van der Waals surface area contributed by atoms with Crippen molar-refractivity contribution in [3.63, 3.8) is 0 Å². The third kappa shape index (κ3) is 4.66. The van der Waals surface area contributed by atoms with Crippen molar-refractivity contribution in [3.05, 3.63) is 58.4 Å². The molecule has 0 bridgehead atoms. The first-order valence-electron chi connectivity index (χ1n) is 9.12. The van der Waals surface area contributed by atoms with Crippen molar-refractivity contribution in [2.24, 2.45) is 0 Å². The van der Waals surface area contributed by atoms with Crippen molar-refractivity contribution < 1.29 is 35.9 Å². The van der Waals surface area contributed by atoms with E-state index in [2.05, 4.69) is 20.5 Å². The van der Waals surface area contributed by atoms with E-state index >= 15 is 0 Å². The Morgan fingerprint density at radius 1 is 1.16 bits per heavy atom. The van der Waals surface area contributed by atoms with Gasteiger partial charge in [-0.1, -0.05) is 6.07 Å². The summed E-state index contributed by atoms with van der Waals surface area (Å²) < 4.78 is 82.3. The summed E-state index contributed by atoms with van der Waals surface area (Å²) in [5, 5.41) is 10.9. The number of alkyl halides is 6. The van der Waals surface area contributed by atoms with Gasteiger partial charge in [-0.05, 0) is 35.7 Å². The standard InChI is InChI=1S/C19H14F6N4O2S/c20-18(21,22)15-8-13(14-2-1-7-32-14)28-16-12(9-26-29(15)16)17(30)27-10-3-5-11(6-4-10)31-19(23,24)25/h1-7,9,13,15,28H,8H2,(H,27,30)/t13-,15+/m1/s1. The van der Waals surface area contributed by atoms with Gasteiger partial charge in [0.25, 0.3) is 5.91 Å². The Hall–Kier alpha value is -3.22. The van der Waals surface area contributed by atoms with Crippen LogP contribution in [0.5, 0.6) is 5.75 Å². The lowest BCUT2D eigenvalue weighted by molar-refractivity contribution is -0.274. The number of ether oxygens (including phenoxy) is 1. The molecule has 1 aliphatic rings. The molecule has 0 unspecified atom stereocenters. The zero-order valence-corrected chi connectivity index (χ0v) is 16.7. The Morgan fingerprint density at radius 3 is 2.47 bits per heavy atom. The fourth-order valence-corrected chi connectivity index (χ4v) is 4.13. The van der Waals surface area contributed by atoms with Gasteiger partial charge in [-0.2, -0.15) is 18.3 Å². The molecule has 0 saturated heterocycles. The lowest BCUT2D eigenvalue weighted by atomic mass is 10.0. The second-order valence-corrected chi connectivity index (χ2v) is 7.86. The molecule has 0 radical (unpaired) electrons. The van der Waals surface area contributed by atoms with Crippen LogP contribution in [-0.2, 0) is 0 Å². The van der Waals surface area contributed by atoms with Crippen LogP contribution in [0.4, 0.5) is 37.8 Å².